The molecule has 152 valence electrons. The van der Waals surface area contributed by atoms with Gasteiger partial charge in [0.05, 0.1) is 13.7 Å². The Morgan fingerprint density at radius 2 is 1.57 bits per heavy atom. The smallest absolute Gasteiger partial charge is 0.315 e. The van der Waals surface area contributed by atoms with Gasteiger partial charge in [-0.1, -0.05) is 38.1 Å². The molecule has 0 radical (unpaired) electrons. The Balaban J connectivity index is 1.72. The van der Waals surface area contributed by atoms with E-state index in [9.17, 15) is 4.79 Å². The van der Waals surface area contributed by atoms with Crippen molar-refractivity contribution in [1.82, 2.24) is 15.5 Å². The maximum absolute atomic E-state index is 12.1. The lowest BCUT2D eigenvalue weighted by atomic mass is 10.1. The molecule has 0 bridgehead atoms. The normalized spacial score (nSPS) is 10.6. The zero-order valence-corrected chi connectivity index (χ0v) is 17.0. The number of benzene rings is 2. The predicted molar refractivity (Wildman–Crippen MR) is 112 cm³/mol. The van der Waals surface area contributed by atoms with Crippen LogP contribution in [0, 0.1) is 0 Å². The molecule has 2 aromatic rings. The summed E-state index contributed by atoms with van der Waals surface area (Å²) in [5.74, 6) is 1.53. The molecule has 2 N–H and O–H groups in total. The van der Waals surface area contributed by atoms with Crippen molar-refractivity contribution in [3.8, 4) is 11.5 Å². The number of amides is 2. The number of urea groups is 1. The third-order valence-corrected chi connectivity index (χ3v) is 4.56. The predicted octanol–water partition coefficient (Wildman–Crippen LogP) is 3.42. The fraction of sp³-hybridized carbons (Fsp3) is 0.409. The van der Waals surface area contributed by atoms with Crippen molar-refractivity contribution < 1.29 is 14.3 Å². The fourth-order valence-electron chi connectivity index (χ4n) is 2.82. The number of hydrogen-bond acceptors (Lipinski definition) is 4. The molecule has 2 aromatic carbocycles. The molecule has 6 heteroatoms. The topological polar surface area (TPSA) is 62.8 Å². The van der Waals surface area contributed by atoms with Gasteiger partial charge in [-0.2, -0.15) is 0 Å². The van der Waals surface area contributed by atoms with Crippen molar-refractivity contribution >= 4 is 6.03 Å². The second kappa shape index (κ2) is 11.9. The van der Waals surface area contributed by atoms with E-state index in [0.29, 0.717) is 19.7 Å². The van der Waals surface area contributed by atoms with Gasteiger partial charge in [0.25, 0.3) is 0 Å². The lowest BCUT2D eigenvalue weighted by molar-refractivity contribution is 0.236. The lowest BCUT2D eigenvalue weighted by Gasteiger charge is -2.20. The van der Waals surface area contributed by atoms with E-state index in [1.807, 2.05) is 36.4 Å². The number of rotatable bonds is 11. The molecule has 2 rings (SSSR count). The first-order valence-electron chi connectivity index (χ1n) is 9.74. The van der Waals surface area contributed by atoms with Crippen molar-refractivity contribution in [3.05, 3.63) is 59.7 Å². The van der Waals surface area contributed by atoms with Crippen LogP contribution in [-0.4, -0.2) is 44.3 Å². The number of methoxy groups -OCH3 is 1. The van der Waals surface area contributed by atoms with Crippen molar-refractivity contribution in [2.45, 2.75) is 26.9 Å². The molecule has 6 nitrogen and oxygen atoms in total. The maximum atomic E-state index is 12.1. The van der Waals surface area contributed by atoms with E-state index in [2.05, 4.69) is 41.5 Å². The van der Waals surface area contributed by atoms with Crippen molar-refractivity contribution in [1.29, 1.82) is 0 Å². The van der Waals surface area contributed by atoms with Crippen LogP contribution in [0.25, 0.3) is 0 Å². The molecule has 28 heavy (non-hydrogen) atoms. The zero-order valence-electron chi connectivity index (χ0n) is 17.0. The molecule has 0 unspecified atom stereocenters. The highest BCUT2D eigenvalue weighted by molar-refractivity contribution is 5.73. The van der Waals surface area contributed by atoms with E-state index >= 15 is 0 Å². The van der Waals surface area contributed by atoms with Gasteiger partial charge in [-0.3, -0.25) is 4.90 Å². The molecular formula is C22H31N3O3. The first-order chi connectivity index (χ1) is 13.7. The van der Waals surface area contributed by atoms with Gasteiger partial charge in [-0.15, -0.1) is 0 Å². The molecule has 0 saturated heterocycles. The molecule has 0 atom stereocenters. The highest BCUT2D eigenvalue weighted by atomic mass is 16.5. The Hall–Kier alpha value is -2.73. The van der Waals surface area contributed by atoms with Crippen LogP contribution < -0.4 is 20.1 Å². The van der Waals surface area contributed by atoms with Crippen molar-refractivity contribution in [2.24, 2.45) is 0 Å². The summed E-state index contributed by atoms with van der Waals surface area (Å²) in [6.07, 6.45) is 0. The number of carbonyl (C=O) groups excluding carboxylic acids is 1. The van der Waals surface area contributed by atoms with Crippen LogP contribution >= 0.6 is 0 Å². The number of nitrogens with zero attached hydrogens (tertiary/aromatic N) is 1. The summed E-state index contributed by atoms with van der Waals surface area (Å²) in [5, 5.41) is 5.74. The highest BCUT2D eigenvalue weighted by Gasteiger charge is 2.07. The van der Waals surface area contributed by atoms with Crippen LogP contribution in [-0.2, 0) is 13.1 Å². The van der Waals surface area contributed by atoms with Crippen LogP contribution in [0.5, 0.6) is 11.5 Å². The van der Waals surface area contributed by atoms with Crippen LogP contribution in [0.4, 0.5) is 4.79 Å². The summed E-state index contributed by atoms with van der Waals surface area (Å²) < 4.78 is 10.7. The van der Waals surface area contributed by atoms with Crippen molar-refractivity contribution in [3.63, 3.8) is 0 Å². The van der Waals surface area contributed by atoms with E-state index in [1.165, 1.54) is 5.56 Å². The molecule has 0 heterocycles. The summed E-state index contributed by atoms with van der Waals surface area (Å²) in [6.45, 7) is 8.56. The number of carbonyl (C=O) groups is 1. The van der Waals surface area contributed by atoms with E-state index in [4.69, 9.17) is 9.47 Å². The third-order valence-electron chi connectivity index (χ3n) is 4.56. The van der Waals surface area contributed by atoms with Gasteiger partial charge in [0.15, 0.2) is 0 Å². The Morgan fingerprint density at radius 3 is 2.21 bits per heavy atom. The molecule has 0 aliphatic carbocycles. The highest BCUT2D eigenvalue weighted by Crippen LogP contribution is 2.16. The molecule has 2 amide bonds. The van der Waals surface area contributed by atoms with E-state index < -0.39 is 0 Å². The SMILES string of the molecule is CCN(CC)Cc1ccccc1CNC(=O)NCCOc1ccc(OC)cc1. The van der Waals surface area contributed by atoms with Gasteiger partial charge in [-0.25, -0.2) is 4.79 Å². The number of hydrogen-bond donors (Lipinski definition) is 2. The van der Waals surface area contributed by atoms with Crippen LogP contribution in [0.3, 0.4) is 0 Å². The average molecular weight is 386 g/mol. The van der Waals surface area contributed by atoms with Crippen molar-refractivity contribution in [2.75, 3.05) is 33.4 Å². The Kier molecular flexibility index (Phi) is 9.15. The molecular weight excluding hydrogens is 354 g/mol. The molecule has 0 fully saturated rings. The second-order valence-electron chi connectivity index (χ2n) is 6.36. The van der Waals surface area contributed by atoms with Gasteiger partial charge in [-0.05, 0) is 48.5 Å². The molecule has 0 aliphatic rings. The standard InChI is InChI=1S/C22H31N3O3/c1-4-25(5-2)17-19-9-7-6-8-18(19)16-24-22(26)23-14-15-28-21-12-10-20(27-3)11-13-21/h6-13H,4-5,14-17H2,1-3H3,(H2,23,24,26). The molecule has 0 saturated carbocycles. The van der Waals surface area contributed by atoms with Gasteiger partial charge in [0.1, 0.15) is 18.1 Å². The second-order valence-corrected chi connectivity index (χ2v) is 6.36. The molecule has 0 aromatic heterocycles. The van der Waals surface area contributed by atoms with Crippen LogP contribution in [0.15, 0.2) is 48.5 Å². The van der Waals surface area contributed by atoms with Gasteiger partial charge in [0.2, 0.25) is 0 Å². The molecule has 0 aliphatic heterocycles. The maximum Gasteiger partial charge on any atom is 0.315 e. The Morgan fingerprint density at radius 1 is 0.929 bits per heavy atom. The summed E-state index contributed by atoms with van der Waals surface area (Å²) in [6, 6.07) is 15.4. The average Bonchev–Trinajstić information content (AvgIpc) is 2.74. The first-order valence-corrected chi connectivity index (χ1v) is 9.74. The summed E-state index contributed by atoms with van der Waals surface area (Å²) >= 11 is 0. The Labute approximate surface area is 167 Å². The van der Waals surface area contributed by atoms with E-state index in [-0.39, 0.29) is 6.03 Å². The number of nitrogens with one attached hydrogen (secondary N) is 2. The molecule has 0 spiro atoms. The van der Waals surface area contributed by atoms with Gasteiger partial charge in [0, 0.05) is 13.1 Å². The summed E-state index contributed by atoms with van der Waals surface area (Å²) in [7, 11) is 1.63. The first kappa shape index (κ1) is 21.6. The zero-order chi connectivity index (χ0) is 20.2. The Bertz CT molecular complexity index is 715. The van der Waals surface area contributed by atoms with E-state index in [1.54, 1.807) is 7.11 Å². The van der Waals surface area contributed by atoms with E-state index in [0.717, 1.165) is 36.7 Å². The lowest BCUT2D eigenvalue weighted by Crippen LogP contribution is -2.37. The minimum absolute atomic E-state index is 0.198. The quantitative estimate of drug-likeness (QED) is 0.582. The fourth-order valence-corrected chi connectivity index (χ4v) is 2.82. The van der Waals surface area contributed by atoms with Crippen LogP contribution in [0.2, 0.25) is 0 Å². The minimum atomic E-state index is -0.198. The monoisotopic (exact) mass is 385 g/mol. The number of ether oxygens (including phenoxy) is 2. The van der Waals surface area contributed by atoms with Crippen LogP contribution in [0.1, 0.15) is 25.0 Å². The van der Waals surface area contributed by atoms with Gasteiger partial charge < -0.3 is 20.1 Å². The van der Waals surface area contributed by atoms with Gasteiger partial charge >= 0.3 is 6.03 Å². The summed E-state index contributed by atoms with van der Waals surface area (Å²) in [5.41, 5.74) is 2.38. The third kappa shape index (κ3) is 7.12. The largest absolute Gasteiger partial charge is 0.497 e. The summed E-state index contributed by atoms with van der Waals surface area (Å²) in [4.78, 5) is 14.4. The minimum Gasteiger partial charge on any atom is -0.497 e.